The molecule has 0 bridgehead atoms. The van der Waals surface area contributed by atoms with Gasteiger partial charge in [-0.25, -0.2) is 14.5 Å². The lowest BCUT2D eigenvalue weighted by Crippen LogP contribution is -2.21. The first kappa shape index (κ1) is 17.9. The molecule has 0 aliphatic heterocycles. The number of nitrogens with one attached hydrogen (secondary N) is 1. The summed E-state index contributed by atoms with van der Waals surface area (Å²) >= 11 is 11.8. The monoisotopic (exact) mass is 390 g/mol. The van der Waals surface area contributed by atoms with E-state index >= 15 is 0 Å². The van der Waals surface area contributed by atoms with E-state index in [4.69, 9.17) is 27.9 Å². The summed E-state index contributed by atoms with van der Waals surface area (Å²) in [6.45, 7) is -0.452. The predicted octanol–water partition coefficient (Wildman–Crippen LogP) is 3.37. The van der Waals surface area contributed by atoms with Crippen molar-refractivity contribution < 1.29 is 14.3 Å². The lowest BCUT2D eigenvalue weighted by Gasteiger charge is -2.09. The van der Waals surface area contributed by atoms with Gasteiger partial charge >= 0.3 is 5.97 Å². The fourth-order valence-corrected chi connectivity index (χ4v) is 2.42. The maximum Gasteiger partial charge on any atom is 0.338 e. The minimum Gasteiger partial charge on any atom is -0.452 e. The van der Waals surface area contributed by atoms with Gasteiger partial charge in [0, 0.05) is 5.02 Å². The maximum atomic E-state index is 12.0. The third-order valence-electron chi connectivity index (χ3n) is 3.32. The van der Waals surface area contributed by atoms with Gasteiger partial charge in [0.2, 0.25) is 0 Å². The summed E-state index contributed by atoms with van der Waals surface area (Å²) in [4.78, 5) is 27.8. The van der Waals surface area contributed by atoms with Gasteiger partial charge in [-0.3, -0.25) is 4.79 Å². The van der Waals surface area contributed by atoms with E-state index in [2.05, 4.69) is 15.4 Å². The van der Waals surface area contributed by atoms with Crippen LogP contribution in [0.25, 0.3) is 5.69 Å². The highest BCUT2D eigenvalue weighted by Crippen LogP contribution is 2.25. The maximum absolute atomic E-state index is 12.0. The van der Waals surface area contributed by atoms with Crippen molar-refractivity contribution in [2.24, 2.45) is 0 Å². The molecular weight excluding hydrogens is 379 g/mol. The fraction of sp³-hybridized carbons (Fsp3) is 0.0588. The lowest BCUT2D eigenvalue weighted by atomic mass is 10.2. The zero-order valence-electron chi connectivity index (χ0n) is 13.2. The molecule has 2 aromatic carbocycles. The van der Waals surface area contributed by atoms with E-state index < -0.39 is 18.5 Å². The summed E-state index contributed by atoms with van der Waals surface area (Å²) in [5.41, 5.74) is 1.40. The number of anilines is 1. The highest BCUT2D eigenvalue weighted by molar-refractivity contribution is 6.35. The second-order valence-electron chi connectivity index (χ2n) is 5.14. The van der Waals surface area contributed by atoms with Gasteiger partial charge in [0.15, 0.2) is 6.61 Å². The Morgan fingerprint density at radius 3 is 2.58 bits per heavy atom. The quantitative estimate of drug-likeness (QED) is 0.674. The highest BCUT2D eigenvalue weighted by Gasteiger charge is 2.12. The van der Waals surface area contributed by atoms with E-state index in [9.17, 15) is 9.59 Å². The number of halogens is 2. The number of amides is 1. The van der Waals surface area contributed by atoms with Crippen LogP contribution in [-0.4, -0.2) is 33.2 Å². The van der Waals surface area contributed by atoms with E-state index in [-0.39, 0.29) is 0 Å². The van der Waals surface area contributed by atoms with Crippen LogP contribution in [0.1, 0.15) is 10.4 Å². The van der Waals surface area contributed by atoms with Crippen LogP contribution >= 0.6 is 23.2 Å². The van der Waals surface area contributed by atoms with E-state index in [1.165, 1.54) is 12.4 Å². The normalized spacial score (nSPS) is 10.4. The minimum atomic E-state index is -0.623. The molecule has 0 saturated heterocycles. The SMILES string of the molecule is O=C(COC(=O)c1ccc(-n2cncn2)cc1)Nc1cc(Cl)ccc1Cl. The van der Waals surface area contributed by atoms with Crippen LogP contribution in [0.4, 0.5) is 5.69 Å². The zero-order valence-corrected chi connectivity index (χ0v) is 14.7. The summed E-state index contributed by atoms with van der Waals surface area (Å²) in [7, 11) is 0. The summed E-state index contributed by atoms with van der Waals surface area (Å²) in [6.07, 6.45) is 2.95. The number of esters is 1. The number of carbonyl (C=O) groups is 2. The summed E-state index contributed by atoms with van der Waals surface area (Å²) < 4.78 is 6.55. The van der Waals surface area contributed by atoms with E-state index in [1.807, 2.05) is 0 Å². The largest absolute Gasteiger partial charge is 0.452 e. The molecule has 0 spiro atoms. The minimum absolute atomic E-state index is 0.308. The molecule has 9 heteroatoms. The van der Waals surface area contributed by atoms with Gasteiger partial charge in [-0.2, -0.15) is 5.10 Å². The third kappa shape index (κ3) is 4.38. The number of aromatic nitrogens is 3. The molecule has 3 rings (SSSR count). The van der Waals surface area contributed by atoms with Crippen LogP contribution in [0.2, 0.25) is 10.0 Å². The zero-order chi connectivity index (χ0) is 18.5. The van der Waals surface area contributed by atoms with Crippen LogP contribution in [0, 0.1) is 0 Å². The second-order valence-corrected chi connectivity index (χ2v) is 5.98. The van der Waals surface area contributed by atoms with Crippen molar-refractivity contribution in [1.29, 1.82) is 0 Å². The van der Waals surface area contributed by atoms with Crippen molar-refractivity contribution in [2.45, 2.75) is 0 Å². The van der Waals surface area contributed by atoms with Gasteiger partial charge in [-0.15, -0.1) is 0 Å². The Balaban J connectivity index is 1.56. The highest BCUT2D eigenvalue weighted by atomic mass is 35.5. The van der Waals surface area contributed by atoms with Crippen LogP contribution < -0.4 is 5.32 Å². The van der Waals surface area contributed by atoms with Crippen LogP contribution in [-0.2, 0) is 9.53 Å². The molecule has 0 radical (unpaired) electrons. The Labute approximate surface area is 158 Å². The first-order valence-electron chi connectivity index (χ1n) is 7.40. The molecule has 1 aromatic heterocycles. The number of hydrogen-bond acceptors (Lipinski definition) is 5. The number of carbonyl (C=O) groups excluding carboxylic acids is 2. The van der Waals surface area contributed by atoms with Crippen LogP contribution in [0.5, 0.6) is 0 Å². The molecule has 1 amide bonds. The van der Waals surface area contributed by atoms with Gasteiger partial charge in [0.1, 0.15) is 12.7 Å². The van der Waals surface area contributed by atoms with Crippen LogP contribution in [0.15, 0.2) is 55.1 Å². The van der Waals surface area contributed by atoms with Crippen molar-refractivity contribution >= 4 is 40.8 Å². The lowest BCUT2D eigenvalue weighted by molar-refractivity contribution is -0.119. The van der Waals surface area contributed by atoms with Gasteiger partial charge < -0.3 is 10.1 Å². The fourth-order valence-electron chi connectivity index (χ4n) is 2.09. The summed E-state index contributed by atoms with van der Waals surface area (Å²) in [6, 6.07) is 11.2. The molecule has 0 saturated carbocycles. The molecule has 0 unspecified atom stereocenters. The summed E-state index contributed by atoms with van der Waals surface area (Å²) in [5, 5.41) is 7.28. The molecule has 0 aliphatic rings. The van der Waals surface area contributed by atoms with Gasteiger partial charge in [0.05, 0.1) is 22.0 Å². The number of hydrogen-bond donors (Lipinski definition) is 1. The molecule has 0 fully saturated rings. The Morgan fingerprint density at radius 1 is 1.12 bits per heavy atom. The van der Waals surface area contributed by atoms with Crippen molar-refractivity contribution in [2.75, 3.05) is 11.9 Å². The Bertz CT molecular complexity index is 928. The van der Waals surface area contributed by atoms with Crippen molar-refractivity contribution in [3.8, 4) is 5.69 Å². The molecule has 1 heterocycles. The average Bonchev–Trinajstić information content (AvgIpc) is 3.17. The molecule has 7 nitrogen and oxygen atoms in total. The summed E-state index contributed by atoms with van der Waals surface area (Å²) in [5.74, 6) is -1.15. The van der Waals surface area contributed by atoms with Crippen LogP contribution in [0.3, 0.4) is 0 Å². The van der Waals surface area contributed by atoms with Gasteiger partial charge in [-0.05, 0) is 42.5 Å². The van der Waals surface area contributed by atoms with Crippen molar-refractivity contribution in [3.05, 3.63) is 70.7 Å². The number of rotatable bonds is 5. The molecule has 0 atom stereocenters. The number of nitrogens with zero attached hydrogens (tertiary/aromatic N) is 3. The van der Waals surface area contributed by atoms with E-state index in [0.717, 1.165) is 5.69 Å². The Hall–Kier alpha value is -2.90. The van der Waals surface area contributed by atoms with Gasteiger partial charge in [0.25, 0.3) is 5.91 Å². The van der Waals surface area contributed by atoms with E-state index in [1.54, 1.807) is 47.4 Å². The smallest absolute Gasteiger partial charge is 0.338 e. The first-order valence-corrected chi connectivity index (χ1v) is 8.15. The molecule has 1 N–H and O–H groups in total. The molecular formula is C17H12Cl2N4O3. The predicted molar refractivity (Wildman–Crippen MR) is 96.7 cm³/mol. The first-order chi connectivity index (χ1) is 12.5. The number of benzene rings is 2. The molecule has 26 heavy (non-hydrogen) atoms. The van der Waals surface area contributed by atoms with Crippen molar-refractivity contribution in [3.63, 3.8) is 0 Å². The Morgan fingerprint density at radius 2 is 1.88 bits per heavy atom. The number of ether oxygens (including phenoxy) is 1. The van der Waals surface area contributed by atoms with E-state index in [0.29, 0.717) is 21.3 Å². The average molecular weight is 391 g/mol. The third-order valence-corrected chi connectivity index (χ3v) is 3.89. The standard InChI is InChI=1S/C17H12Cl2N4O3/c18-12-3-6-14(19)15(7-12)22-16(24)8-26-17(25)11-1-4-13(5-2-11)23-10-20-9-21-23/h1-7,9-10H,8H2,(H,22,24). The Kier molecular flexibility index (Phi) is 5.50. The molecule has 132 valence electrons. The molecule has 0 aliphatic carbocycles. The molecule has 3 aromatic rings. The topological polar surface area (TPSA) is 86.1 Å². The second kappa shape index (κ2) is 7.99. The van der Waals surface area contributed by atoms with Gasteiger partial charge in [-0.1, -0.05) is 23.2 Å². The van der Waals surface area contributed by atoms with Crippen molar-refractivity contribution in [1.82, 2.24) is 14.8 Å².